The highest BCUT2D eigenvalue weighted by molar-refractivity contribution is 5.83. The Kier molecular flexibility index (Phi) is 11.9. The number of esters is 2. The first-order valence-electron chi connectivity index (χ1n) is 18.7. The molecule has 2 saturated carbocycles. The molecule has 0 unspecified atom stereocenters. The summed E-state index contributed by atoms with van der Waals surface area (Å²) >= 11 is 0. The van der Waals surface area contributed by atoms with E-state index in [2.05, 4.69) is 30.8 Å². The average molecular weight is 724 g/mol. The van der Waals surface area contributed by atoms with Gasteiger partial charge in [-0.3, -0.25) is 14.4 Å². The summed E-state index contributed by atoms with van der Waals surface area (Å²) in [5.74, 6) is -2.13. The number of carbonyl (C=O) groups is 3. The van der Waals surface area contributed by atoms with Gasteiger partial charge in [0.1, 0.15) is 12.6 Å². The molecule has 0 saturated heterocycles. The highest BCUT2D eigenvalue weighted by atomic mass is 16.6. The molecule has 292 valence electrons. The van der Waals surface area contributed by atoms with Crippen LogP contribution in [0.1, 0.15) is 120 Å². The molecular weight excluding hydrogens is 658 g/mol. The molecule has 4 aliphatic carbocycles. The number of aliphatic hydroxyl groups is 6. The van der Waals surface area contributed by atoms with Gasteiger partial charge in [0.2, 0.25) is 5.91 Å². The minimum Gasteiger partial charge on any atom is -0.468 e. The summed E-state index contributed by atoms with van der Waals surface area (Å²) in [7, 11) is 1.19. The fourth-order valence-electron chi connectivity index (χ4n) is 11.1. The second-order valence-electron chi connectivity index (χ2n) is 18.3. The number of ether oxygens (including phenoxy) is 2. The fourth-order valence-corrected chi connectivity index (χ4v) is 11.1. The monoisotopic (exact) mass is 723 g/mol. The maximum Gasteiger partial charge on any atom is 0.325 e. The molecule has 2 fully saturated rings. The maximum atomic E-state index is 13.3. The third-order valence-electron chi connectivity index (χ3n) is 14.3. The van der Waals surface area contributed by atoms with Crippen LogP contribution in [0.25, 0.3) is 0 Å². The number of fused-ring (bicyclic) bond motifs is 4. The van der Waals surface area contributed by atoms with Gasteiger partial charge in [0, 0.05) is 12.0 Å². The molecule has 0 heterocycles. The third-order valence-corrected chi connectivity index (χ3v) is 14.3. The van der Waals surface area contributed by atoms with Gasteiger partial charge in [0.25, 0.3) is 0 Å². The number of hydrogen-bond donors (Lipinski definition) is 7. The summed E-state index contributed by atoms with van der Waals surface area (Å²) in [5.41, 5.74) is -2.57. The zero-order valence-corrected chi connectivity index (χ0v) is 32.3. The average Bonchev–Trinajstić information content (AvgIpc) is 3.30. The Labute approximate surface area is 303 Å². The van der Waals surface area contributed by atoms with Crippen molar-refractivity contribution < 1.29 is 54.5 Å². The van der Waals surface area contributed by atoms with E-state index in [9.17, 15) is 45.0 Å². The lowest BCUT2D eigenvalue weighted by molar-refractivity contribution is -0.193. The summed E-state index contributed by atoms with van der Waals surface area (Å²) in [6.07, 6.45) is 0.488. The second-order valence-corrected chi connectivity index (χ2v) is 18.3. The van der Waals surface area contributed by atoms with Crippen LogP contribution in [0, 0.1) is 39.4 Å². The molecule has 1 amide bonds. The van der Waals surface area contributed by atoms with Gasteiger partial charge in [-0.25, -0.2) is 0 Å². The zero-order chi connectivity index (χ0) is 38.5. The van der Waals surface area contributed by atoms with Crippen LogP contribution in [0.3, 0.4) is 0 Å². The van der Waals surface area contributed by atoms with E-state index in [1.165, 1.54) is 25.2 Å². The summed E-state index contributed by atoms with van der Waals surface area (Å²) in [5, 5.41) is 68.6. The molecular formula is C39H65NO11. The van der Waals surface area contributed by atoms with Crippen LogP contribution in [0.15, 0.2) is 11.1 Å². The summed E-state index contributed by atoms with van der Waals surface area (Å²) in [6, 6.07) is 0. The number of hydrogen-bond acceptors (Lipinski definition) is 11. The van der Waals surface area contributed by atoms with E-state index in [4.69, 9.17) is 4.74 Å². The van der Waals surface area contributed by atoms with Crippen LogP contribution >= 0.6 is 0 Å². The van der Waals surface area contributed by atoms with Crippen molar-refractivity contribution in [3.63, 3.8) is 0 Å². The number of allylic oxidation sites excluding steroid dienone is 1. The van der Waals surface area contributed by atoms with E-state index in [0.29, 0.717) is 25.7 Å². The van der Waals surface area contributed by atoms with Crippen molar-refractivity contribution in [2.75, 3.05) is 20.3 Å². The molecule has 4 rings (SSSR count). The molecule has 0 aromatic carbocycles. The van der Waals surface area contributed by atoms with Crippen LogP contribution in [-0.2, 0) is 23.9 Å². The van der Waals surface area contributed by atoms with Crippen LogP contribution in [-0.4, -0.2) is 104 Å². The number of amides is 1. The first-order chi connectivity index (χ1) is 23.4. The van der Waals surface area contributed by atoms with Crippen LogP contribution in [0.2, 0.25) is 0 Å². The van der Waals surface area contributed by atoms with E-state index in [-0.39, 0.29) is 36.3 Å². The first kappa shape index (κ1) is 41.7. The van der Waals surface area contributed by atoms with Gasteiger partial charge < -0.3 is 45.4 Å². The van der Waals surface area contributed by atoms with E-state index in [0.717, 1.165) is 25.7 Å². The van der Waals surface area contributed by atoms with E-state index < -0.39 is 82.6 Å². The van der Waals surface area contributed by atoms with Gasteiger partial charge >= 0.3 is 11.9 Å². The first-order valence-corrected chi connectivity index (χ1v) is 18.7. The largest absolute Gasteiger partial charge is 0.468 e. The molecule has 7 N–H and O–H groups in total. The minimum absolute atomic E-state index is 0.00440. The van der Waals surface area contributed by atoms with E-state index in [1.54, 1.807) is 13.8 Å². The van der Waals surface area contributed by atoms with Crippen molar-refractivity contribution in [3.05, 3.63) is 11.1 Å². The number of carbonyl (C=O) groups excluding carboxylic acids is 3. The summed E-state index contributed by atoms with van der Waals surface area (Å²) in [6.45, 7) is 14.6. The van der Waals surface area contributed by atoms with Crippen molar-refractivity contribution in [2.45, 2.75) is 155 Å². The highest BCUT2D eigenvalue weighted by Crippen LogP contribution is 2.72. The van der Waals surface area contributed by atoms with E-state index in [1.807, 2.05) is 13.8 Å². The van der Waals surface area contributed by atoms with Gasteiger partial charge in [-0.05, 0) is 106 Å². The number of rotatable bonds is 13. The van der Waals surface area contributed by atoms with Crippen LogP contribution < -0.4 is 5.32 Å². The van der Waals surface area contributed by atoms with Crippen LogP contribution in [0.4, 0.5) is 0 Å². The Bertz CT molecular complexity index is 1350. The van der Waals surface area contributed by atoms with Gasteiger partial charge in [-0.2, -0.15) is 0 Å². The van der Waals surface area contributed by atoms with Crippen LogP contribution in [0.5, 0.6) is 0 Å². The van der Waals surface area contributed by atoms with Crippen molar-refractivity contribution in [1.29, 1.82) is 0 Å². The fraction of sp³-hybridized carbons (Fsp3) is 0.872. The lowest BCUT2D eigenvalue weighted by Gasteiger charge is -2.64. The maximum absolute atomic E-state index is 13.3. The topological polar surface area (TPSA) is 203 Å². The number of methoxy groups -OCH3 is 1. The van der Waals surface area contributed by atoms with Crippen molar-refractivity contribution in [2.24, 2.45) is 39.4 Å². The predicted molar refractivity (Wildman–Crippen MR) is 189 cm³/mol. The lowest BCUT2D eigenvalue weighted by atomic mass is 9.42. The Balaban J connectivity index is 1.58. The number of nitrogens with one attached hydrogen (secondary N) is 1. The Morgan fingerprint density at radius 2 is 1.61 bits per heavy atom. The van der Waals surface area contributed by atoms with Gasteiger partial charge in [0.05, 0.1) is 49.5 Å². The molecule has 0 radical (unpaired) electrons. The minimum atomic E-state index is -1.76. The van der Waals surface area contributed by atoms with Gasteiger partial charge in [0.15, 0.2) is 0 Å². The second kappa shape index (κ2) is 14.6. The third kappa shape index (κ3) is 7.65. The van der Waals surface area contributed by atoms with Gasteiger partial charge in [-0.15, -0.1) is 0 Å². The molecule has 11 atom stereocenters. The zero-order valence-electron chi connectivity index (χ0n) is 32.3. The molecule has 12 nitrogen and oxygen atoms in total. The van der Waals surface area contributed by atoms with Crippen molar-refractivity contribution in [3.8, 4) is 0 Å². The Hall–Kier alpha value is -2.09. The molecule has 51 heavy (non-hydrogen) atoms. The SMILES string of the molecule is COC(=O)CNC(=O)C[C@@](C)(O)CC(=O)O[C@@H]1C[C@]2(C)C3=C(CC[C@H]2C(C)(C)[C@H]1O)[C@]1(C)CC[C@H]([C@H](CO)CC[C@@H](O)C(C)(C)O)[C@@]1(C)[C@@H](O)C3. The molecule has 0 aromatic heterocycles. The highest BCUT2D eigenvalue weighted by Gasteiger charge is 2.67. The molecule has 0 bridgehead atoms. The van der Waals surface area contributed by atoms with E-state index >= 15 is 0 Å². The Morgan fingerprint density at radius 3 is 2.20 bits per heavy atom. The normalized spacial score (nSPS) is 36.9. The Morgan fingerprint density at radius 1 is 0.961 bits per heavy atom. The quantitative estimate of drug-likeness (QED) is 0.109. The standard InChI is InChI=1S/C39H65NO11/c1-34(2)27-12-11-24-25(16-29(43)39(8)23(14-15-38(24,39)7)22(21-41)10-13-28(42)35(3,4)48)37(27,6)17-26(33(34)47)51-31(45)19-36(5,49)18-30(44)40-20-32(46)50-9/h22-23,26-29,33,41-43,47-49H,10-21H2,1-9H3,(H,40,44)/t22-,23+,26+,27-,28+,29-,33-,36+,37+,38-,39-/m0/s1. The molecule has 0 aliphatic heterocycles. The number of aliphatic hydroxyl groups excluding tert-OH is 4. The predicted octanol–water partition coefficient (Wildman–Crippen LogP) is 2.93. The summed E-state index contributed by atoms with van der Waals surface area (Å²) < 4.78 is 10.5. The smallest absolute Gasteiger partial charge is 0.325 e. The molecule has 4 aliphatic rings. The molecule has 12 heteroatoms. The van der Waals surface area contributed by atoms with Crippen molar-refractivity contribution >= 4 is 17.8 Å². The van der Waals surface area contributed by atoms with Gasteiger partial charge in [-0.1, -0.05) is 45.8 Å². The summed E-state index contributed by atoms with van der Waals surface area (Å²) in [4.78, 5) is 37.0. The molecule has 0 spiro atoms. The molecule has 0 aromatic rings. The lowest BCUT2D eigenvalue weighted by Crippen LogP contribution is -2.62. The van der Waals surface area contributed by atoms with Crippen molar-refractivity contribution in [1.82, 2.24) is 5.32 Å².